The number of nitrogen functional groups attached to an aromatic ring is 2. The molecule has 0 aromatic carbocycles. The molecule has 4 aromatic heterocycles. The number of hydrogen-bond acceptors (Lipinski definition) is 9. The van der Waals surface area contributed by atoms with Gasteiger partial charge >= 0.3 is 0 Å². The molecule has 0 spiro atoms. The van der Waals surface area contributed by atoms with Gasteiger partial charge in [-0.1, -0.05) is 0 Å². The molecule has 0 fully saturated rings. The fourth-order valence-electron chi connectivity index (χ4n) is 3.16. The molecule has 0 aliphatic heterocycles. The van der Waals surface area contributed by atoms with E-state index in [1.807, 2.05) is 0 Å². The molecule has 15 heteroatoms. The second-order valence-corrected chi connectivity index (χ2v) is 7.68. The molecular formula is C23H26Cl2N8O5. The van der Waals surface area contributed by atoms with Crippen LogP contribution in [0.5, 0.6) is 0 Å². The smallest absolute Gasteiger partial charge is 0.291 e. The molecule has 0 aliphatic rings. The van der Waals surface area contributed by atoms with Gasteiger partial charge in [-0.25, -0.2) is 9.97 Å². The summed E-state index contributed by atoms with van der Waals surface area (Å²) in [6.07, 6.45) is 2.04. The Hall–Kier alpha value is -4.46. The van der Waals surface area contributed by atoms with Crippen LogP contribution in [-0.4, -0.2) is 36.1 Å². The van der Waals surface area contributed by atoms with E-state index in [4.69, 9.17) is 20.3 Å². The van der Waals surface area contributed by atoms with Crippen molar-refractivity contribution < 1.29 is 58.3 Å². The first-order valence-electron chi connectivity index (χ1n) is 10.9. The van der Waals surface area contributed by atoms with Crippen molar-refractivity contribution in [2.24, 2.45) is 0 Å². The summed E-state index contributed by atoms with van der Waals surface area (Å²) >= 11 is 0. The molecule has 202 valence electrons. The van der Waals surface area contributed by atoms with Crippen LogP contribution in [0.2, 0.25) is 0 Å². The average Bonchev–Trinajstić information content (AvgIpc) is 3.59. The minimum absolute atomic E-state index is 0. The van der Waals surface area contributed by atoms with Gasteiger partial charge in [-0.15, -0.1) is 0 Å². The van der Waals surface area contributed by atoms with Gasteiger partial charge in [0.15, 0.2) is 11.5 Å². The molecule has 4 heterocycles. The fraction of sp³-hybridized carbons (Fsp3) is 0.130. The van der Waals surface area contributed by atoms with Gasteiger partial charge in [0.1, 0.15) is 17.5 Å². The summed E-state index contributed by atoms with van der Waals surface area (Å²) in [5.41, 5.74) is 12.7. The van der Waals surface area contributed by atoms with Crippen molar-refractivity contribution in [2.75, 3.05) is 45.8 Å². The molecule has 4 aromatic rings. The van der Waals surface area contributed by atoms with Crippen molar-refractivity contribution >= 4 is 46.5 Å². The van der Waals surface area contributed by atoms with Crippen LogP contribution < -0.4 is 67.5 Å². The zero-order valence-electron chi connectivity index (χ0n) is 19.8. The van der Waals surface area contributed by atoms with E-state index in [9.17, 15) is 14.7 Å². The summed E-state index contributed by atoms with van der Waals surface area (Å²) < 4.78 is 10.1. The first-order valence-corrected chi connectivity index (χ1v) is 10.9. The van der Waals surface area contributed by atoms with Crippen molar-refractivity contribution in [2.45, 2.75) is 6.10 Å². The van der Waals surface area contributed by atoms with E-state index in [1.165, 1.54) is 12.5 Å². The number of anilines is 6. The van der Waals surface area contributed by atoms with Gasteiger partial charge in [0, 0.05) is 12.1 Å². The molecule has 38 heavy (non-hydrogen) atoms. The van der Waals surface area contributed by atoms with Crippen molar-refractivity contribution in [3.8, 4) is 0 Å². The van der Waals surface area contributed by atoms with Crippen molar-refractivity contribution in [1.82, 2.24) is 0 Å². The lowest BCUT2D eigenvalue weighted by atomic mass is 10.3. The zero-order chi connectivity index (χ0) is 25.5. The number of halogens is 2. The van der Waals surface area contributed by atoms with Gasteiger partial charge in [-0.3, -0.25) is 9.59 Å². The van der Waals surface area contributed by atoms with Crippen LogP contribution in [0.3, 0.4) is 0 Å². The number of hydrogen-bond donors (Lipinski definition) is 7. The Morgan fingerprint density at radius 3 is 1.53 bits per heavy atom. The summed E-state index contributed by atoms with van der Waals surface area (Å²) in [6, 6.07) is 12.9. The number of aromatic amines is 2. The van der Waals surface area contributed by atoms with Gasteiger partial charge in [-0.05, 0) is 36.4 Å². The number of rotatable bonds is 10. The predicted octanol–water partition coefficient (Wildman–Crippen LogP) is -4.94. The lowest BCUT2D eigenvalue weighted by Gasteiger charge is -2.11. The van der Waals surface area contributed by atoms with Crippen molar-refractivity contribution in [3.63, 3.8) is 0 Å². The van der Waals surface area contributed by atoms with Crippen LogP contribution in [0.25, 0.3) is 0 Å². The maximum atomic E-state index is 12.1. The zero-order valence-corrected chi connectivity index (χ0v) is 21.3. The number of carbonyl (C=O) groups excluding carboxylic acids is 2. The largest absolute Gasteiger partial charge is 1.00 e. The van der Waals surface area contributed by atoms with E-state index in [0.717, 1.165) is 0 Å². The highest BCUT2D eigenvalue weighted by Crippen LogP contribution is 2.17. The van der Waals surface area contributed by atoms with E-state index in [1.54, 1.807) is 48.5 Å². The Kier molecular flexibility index (Phi) is 10.8. The third kappa shape index (κ3) is 7.77. The van der Waals surface area contributed by atoms with Crippen LogP contribution in [0, 0.1) is 0 Å². The number of aliphatic hydroxyl groups excluding tert-OH is 1. The van der Waals surface area contributed by atoms with Gasteiger partial charge in [0.2, 0.25) is 23.3 Å². The number of nitrogens with one attached hydrogen (secondary N) is 6. The van der Waals surface area contributed by atoms with Gasteiger partial charge in [0.25, 0.3) is 11.8 Å². The Morgan fingerprint density at radius 1 is 0.763 bits per heavy atom. The first kappa shape index (κ1) is 29.8. The number of aromatic nitrogens is 2. The molecule has 0 saturated heterocycles. The normalized spacial score (nSPS) is 10.2. The molecule has 0 saturated carbocycles. The maximum Gasteiger partial charge on any atom is 0.291 e. The van der Waals surface area contributed by atoms with Gasteiger partial charge in [0.05, 0.1) is 25.6 Å². The summed E-state index contributed by atoms with van der Waals surface area (Å²) in [7, 11) is 0. The van der Waals surface area contributed by atoms with Crippen LogP contribution >= 0.6 is 0 Å². The summed E-state index contributed by atoms with van der Waals surface area (Å²) in [5, 5.41) is 21.7. The average molecular weight is 565 g/mol. The van der Waals surface area contributed by atoms with Gasteiger partial charge < -0.3 is 71.5 Å². The van der Waals surface area contributed by atoms with E-state index >= 15 is 0 Å². The SMILES string of the molecule is Nc1[nH+]c(NCC(O)CNc2ccc(NC(=O)c3ccco3)c(N)[nH+]2)ccc1NC(=O)c1ccco1.[Cl-].[Cl-]. The number of amides is 2. The number of aliphatic hydroxyl groups is 1. The van der Waals surface area contributed by atoms with Crippen molar-refractivity contribution in [1.29, 1.82) is 0 Å². The van der Waals surface area contributed by atoms with E-state index in [-0.39, 0.29) is 61.1 Å². The maximum absolute atomic E-state index is 12.1. The lowest BCUT2D eigenvalue weighted by molar-refractivity contribution is -0.342. The second-order valence-electron chi connectivity index (χ2n) is 7.68. The molecular weight excluding hydrogens is 539 g/mol. The van der Waals surface area contributed by atoms with Crippen molar-refractivity contribution in [3.05, 3.63) is 72.6 Å². The predicted molar refractivity (Wildman–Crippen MR) is 131 cm³/mol. The Bertz CT molecular complexity index is 1230. The Labute approximate surface area is 229 Å². The monoisotopic (exact) mass is 564 g/mol. The third-order valence-electron chi connectivity index (χ3n) is 4.99. The standard InChI is InChI=1S/C23H24N8O5.2ClH/c24-20-14(28-22(33)16-3-1-9-35-16)5-7-18(30-20)26-11-13(32)12-27-19-8-6-15(21(25)31-19)29-23(34)17-4-2-10-36-17;;/h1-10,13,32H,11-12H2,(H,28,33)(H,29,34)(H3,24,26,30)(H3,25,27,31);2*1H. The summed E-state index contributed by atoms with van der Waals surface area (Å²) in [6.45, 7) is 0.404. The van der Waals surface area contributed by atoms with Crippen LogP contribution in [-0.2, 0) is 0 Å². The first-order chi connectivity index (χ1) is 17.4. The van der Waals surface area contributed by atoms with E-state index in [0.29, 0.717) is 23.0 Å². The molecule has 0 radical (unpaired) electrons. The molecule has 2 amide bonds. The number of nitrogens with two attached hydrogens (primary N) is 2. The Morgan fingerprint density at radius 2 is 1.18 bits per heavy atom. The molecule has 0 bridgehead atoms. The highest BCUT2D eigenvalue weighted by Gasteiger charge is 2.16. The molecule has 0 aliphatic carbocycles. The number of H-pyrrole nitrogens is 2. The van der Waals surface area contributed by atoms with Gasteiger partial charge in [-0.2, -0.15) is 0 Å². The molecule has 11 N–H and O–H groups in total. The highest BCUT2D eigenvalue weighted by molar-refractivity contribution is 6.04. The van der Waals surface area contributed by atoms with E-state index < -0.39 is 17.9 Å². The molecule has 0 atom stereocenters. The lowest BCUT2D eigenvalue weighted by Crippen LogP contribution is -3.00. The highest BCUT2D eigenvalue weighted by atomic mass is 35.5. The number of furan rings is 2. The third-order valence-corrected chi connectivity index (χ3v) is 4.99. The Balaban J connectivity index is 0.00000253. The quantitative estimate of drug-likeness (QED) is 0.0981. The molecule has 13 nitrogen and oxygen atoms in total. The number of carbonyl (C=O) groups is 2. The van der Waals surface area contributed by atoms with Crippen LogP contribution in [0.1, 0.15) is 21.1 Å². The summed E-state index contributed by atoms with van der Waals surface area (Å²) in [4.78, 5) is 30.0. The minimum Gasteiger partial charge on any atom is -1.00 e. The van der Waals surface area contributed by atoms with Crippen LogP contribution in [0.4, 0.5) is 34.6 Å². The minimum atomic E-state index is -0.772. The van der Waals surface area contributed by atoms with Crippen LogP contribution in [0.15, 0.2) is 69.9 Å². The molecule has 4 rings (SSSR count). The molecule has 0 unspecified atom stereocenters. The van der Waals surface area contributed by atoms with E-state index in [2.05, 4.69) is 31.2 Å². The second kappa shape index (κ2) is 13.7. The summed E-state index contributed by atoms with van der Waals surface area (Å²) in [5.74, 6) is 1.05. The topological polar surface area (TPSA) is 209 Å². The number of pyridine rings is 2. The fourth-order valence-corrected chi connectivity index (χ4v) is 3.16.